The summed E-state index contributed by atoms with van der Waals surface area (Å²) in [6.07, 6.45) is 3.10. The van der Waals surface area contributed by atoms with Crippen molar-refractivity contribution in [1.29, 1.82) is 0 Å². The summed E-state index contributed by atoms with van der Waals surface area (Å²) in [4.78, 5) is 30.7. The lowest BCUT2D eigenvalue weighted by molar-refractivity contribution is -0.122. The van der Waals surface area contributed by atoms with Gasteiger partial charge in [-0.25, -0.2) is 17.8 Å². The van der Waals surface area contributed by atoms with E-state index in [1.807, 2.05) is 0 Å². The van der Waals surface area contributed by atoms with E-state index < -0.39 is 10.0 Å². The second-order valence-corrected chi connectivity index (χ2v) is 11.4. The number of anilines is 2. The highest BCUT2D eigenvalue weighted by atomic mass is 32.2. The Labute approximate surface area is 214 Å². The number of hydrogen-bond donors (Lipinski definition) is 2. The molecule has 8 nitrogen and oxygen atoms in total. The Morgan fingerprint density at radius 3 is 2.51 bits per heavy atom. The van der Waals surface area contributed by atoms with Crippen LogP contribution in [0.2, 0.25) is 0 Å². The van der Waals surface area contributed by atoms with Crippen LogP contribution in [0, 0.1) is 5.82 Å². The molecule has 180 valence electrons. The number of nitrogens with zero attached hydrogens (tertiary/aromatic N) is 2. The number of halogens is 1. The van der Waals surface area contributed by atoms with Crippen molar-refractivity contribution < 1.29 is 22.4 Å². The van der Waals surface area contributed by atoms with Gasteiger partial charge < -0.3 is 5.32 Å². The van der Waals surface area contributed by atoms with Crippen molar-refractivity contribution in [2.45, 2.75) is 11.3 Å². The molecule has 1 fully saturated rings. The van der Waals surface area contributed by atoms with Gasteiger partial charge in [0.05, 0.1) is 9.80 Å². The molecule has 0 bridgehead atoms. The van der Waals surface area contributed by atoms with Crippen LogP contribution in [-0.4, -0.2) is 41.0 Å². The summed E-state index contributed by atoms with van der Waals surface area (Å²) in [5.41, 5.74) is 1.07. The zero-order valence-corrected chi connectivity index (χ0v) is 21.1. The SMILES string of the molecule is O=C(CCN1C(=O)/C(=C\c2ccc(F)cc2)SC1=S)Nc1ccc(S(=O)(=O)Nc2nccs2)cc1. The summed E-state index contributed by atoms with van der Waals surface area (Å²) in [5.74, 6) is -1.05. The lowest BCUT2D eigenvalue weighted by atomic mass is 10.2. The third-order valence-corrected chi connectivity index (χ3v) is 8.26. The monoisotopic (exact) mass is 548 g/mol. The maximum atomic E-state index is 13.1. The summed E-state index contributed by atoms with van der Waals surface area (Å²) in [7, 11) is -3.79. The Morgan fingerprint density at radius 1 is 1.14 bits per heavy atom. The van der Waals surface area contributed by atoms with Gasteiger partial charge in [0.2, 0.25) is 5.91 Å². The maximum absolute atomic E-state index is 13.1. The van der Waals surface area contributed by atoms with Crippen LogP contribution in [-0.2, 0) is 19.6 Å². The van der Waals surface area contributed by atoms with E-state index in [9.17, 15) is 22.4 Å². The highest BCUT2D eigenvalue weighted by Gasteiger charge is 2.32. The molecule has 2 aromatic carbocycles. The Hall–Kier alpha value is -3.13. The lowest BCUT2D eigenvalue weighted by Crippen LogP contribution is -2.31. The Bertz CT molecular complexity index is 1390. The van der Waals surface area contributed by atoms with Gasteiger partial charge in [-0.2, -0.15) is 0 Å². The minimum absolute atomic E-state index is 0.0120. The molecule has 3 aromatic rings. The minimum atomic E-state index is -3.79. The molecule has 1 aromatic heterocycles. The fraction of sp³-hybridized carbons (Fsp3) is 0.0909. The maximum Gasteiger partial charge on any atom is 0.266 e. The predicted octanol–water partition coefficient (Wildman–Crippen LogP) is 4.31. The average Bonchev–Trinajstić information content (AvgIpc) is 3.41. The Morgan fingerprint density at radius 2 is 1.86 bits per heavy atom. The van der Waals surface area contributed by atoms with Crippen LogP contribution in [0.15, 0.2) is 69.9 Å². The molecule has 0 atom stereocenters. The van der Waals surface area contributed by atoms with E-state index in [4.69, 9.17) is 12.2 Å². The number of sulfonamides is 1. The van der Waals surface area contributed by atoms with Crippen LogP contribution in [0.5, 0.6) is 0 Å². The standard InChI is InChI=1S/C22H17FN4O4S4/c23-15-3-1-14(2-4-15)13-18-20(29)27(22(32)34-18)11-9-19(28)25-16-5-7-17(8-6-16)35(30,31)26-21-24-10-12-33-21/h1-8,10,12-13H,9,11H2,(H,24,26)(H,25,28)/b18-13+. The van der Waals surface area contributed by atoms with Gasteiger partial charge in [0, 0.05) is 30.2 Å². The van der Waals surface area contributed by atoms with E-state index >= 15 is 0 Å². The number of hydrogen-bond acceptors (Lipinski definition) is 8. The number of thiazole rings is 1. The van der Waals surface area contributed by atoms with E-state index in [2.05, 4.69) is 15.0 Å². The van der Waals surface area contributed by atoms with Crippen molar-refractivity contribution in [1.82, 2.24) is 9.88 Å². The van der Waals surface area contributed by atoms with Crippen LogP contribution >= 0.6 is 35.3 Å². The summed E-state index contributed by atoms with van der Waals surface area (Å²) in [6.45, 7) is 0.0848. The number of aromatic nitrogens is 1. The van der Waals surface area contributed by atoms with E-state index in [0.717, 1.165) is 23.1 Å². The van der Waals surface area contributed by atoms with Crippen molar-refractivity contribution in [3.05, 3.63) is 76.4 Å². The first-order valence-electron chi connectivity index (χ1n) is 10.0. The third-order valence-electron chi connectivity index (χ3n) is 4.71. The highest BCUT2D eigenvalue weighted by Crippen LogP contribution is 2.32. The van der Waals surface area contributed by atoms with Gasteiger partial charge >= 0.3 is 0 Å². The number of amides is 2. The zero-order valence-electron chi connectivity index (χ0n) is 17.8. The quantitative estimate of drug-likeness (QED) is 0.319. The van der Waals surface area contributed by atoms with Crippen molar-refractivity contribution in [3.63, 3.8) is 0 Å². The minimum Gasteiger partial charge on any atom is -0.326 e. The number of benzene rings is 2. The van der Waals surface area contributed by atoms with E-state index in [1.165, 1.54) is 47.5 Å². The van der Waals surface area contributed by atoms with Gasteiger partial charge in [-0.15, -0.1) is 11.3 Å². The Balaban J connectivity index is 1.32. The van der Waals surface area contributed by atoms with Gasteiger partial charge in [-0.3, -0.25) is 19.2 Å². The topological polar surface area (TPSA) is 108 Å². The molecule has 2 N–H and O–H groups in total. The molecule has 0 spiro atoms. The molecule has 4 rings (SSSR count). The fourth-order valence-corrected chi connectivity index (χ4v) is 6.10. The van der Waals surface area contributed by atoms with Gasteiger partial charge in [-0.05, 0) is 48.0 Å². The molecule has 1 aliphatic rings. The van der Waals surface area contributed by atoms with Gasteiger partial charge in [-0.1, -0.05) is 36.1 Å². The zero-order chi connectivity index (χ0) is 25.0. The molecule has 0 aliphatic carbocycles. The summed E-state index contributed by atoms with van der Waals surface area (Å²) < 4.78 is 40.6. The summed E-state index contributed by atoms with van der Waals surface area (Å²) in [5, 5.41) is 4.58. The van der Waals surface area contributed by atoms with Crippen molar-refractivity contribution in [2.24, 2.45) is 0 Å². The van der Waals surface area contributed by atoms with Gasteiger partial charge in [0.1, 0.15) is 10.1 Å². The third kappa shape index (κ3) is 6.31. The molecule has 2 amide bonds. The van der Waals surface area contributed by atoms with Crippen LogP contribution in [0.1, 0.15) is 12.0 Å². The number of rotatable bonds is 8. The fourth-order valence-electron chi connectivity index (χ4n) is 3.01. The summed E-state index contributed by atoms with van der Waals surface area (Å²) in [6, 6.07) is 11.4. The number of thiocarbonyl (C=S) groups is 1. The molecular formula is C22H17FN4O4S4. The second-order valence-electron chi connectivity index (χ2n) is 7.15. The smallest absolute Gasteiger partial charge is 0.266 e. The van der Waals surface area contributed by atoms with Crippen molar-refractivity contribution in [2.75, 3.05) is 16.6 Å². The van der Waals surface area contributed by atoms with E-state index in [1.54, 1.807) is 23.6 Å². The van der Waals surface area contributed by atoms with Crippen LogP contribution in [0.4, 0.5) is 15.2 Å². The Kier molecular flexibility index (Phi) is 7.60. The van der Waals surface area contributed by atoms with Crippen LogP contribution in [0.3, 0.4) is 0 Å². The molecule has 1 aliphatic heterocycles. The van der Waals surface area contributed by atoms with Crippen molar-refractivity contribution >= 4 is 78.4 Å². The number of carbonyl (C=O) groups excluding carboxylic acids is 2. The molecule has 13 heteroatoms. The summed E-state index contributed by atoms with van der Waals surface area (Å²) >= 11 is 7.55. The van der Waals surface area contributed by atoms with Crippen LogP contribution < -0.4 is 10.0 Å². The molecule has 35 heavy (non-hydrogen) atoms. The van der Waals surface area contributed by atoms with Gasteiger partial charge in [0.15, 0.2) is 5.13 Å². The molecule has 0 saturated carbocycles. The molecule has 1 saturated heterocycles. The molecule has 0 unspecified atom stereocenters. The highest BCUT2D eigenvalue weighted by molar-refractivity contribution is 8.26. The predicted molar refractivity (Wildman–Crippen MR) is 139 cm³/mol. The van der Waals surface area contributed by atoms with E-state index in [0.29, 0.717) is 20.5 Å². The molecule has 2 heterocycles. The van der Waals surface area contributed by atoms with Crippen molar-refractivity contribution in [3.8, 4) is 0 Å². The first kappa shape index (κ1) is 25.0. The number of thioether (sulfide) groups is 1. The lowest BCUT2D eigenvalue weighted by Gasteiger charge is -2.14. The molecular weight excluding hydrogens is 532 g/mol. The molecule has 0 radical (unpaired) electrons. The number of nitrogens with one attached hydrogen (secondary N) is 2. The first-order chi connectivity index (χ1) is 16.7. The van der Waals surface area contributed by atoms with E-state index in [-0.39, 0.29) is 40.6 Å². The largest absolute Gasteiger partial charge is 0.326 e. The first-order valence-corrected chi connectivity index (χ1v) is 13.6. The number of carbonyl (C=O) groups is 2. The average molecular weight is 549 g/mol. The second kappa shape index (κ2) is 10.6. The van der Waals surface area contributed by atoms with Crippen LogP contribution in [0.25, 0.3) is 6.08 Å². The van der Waals surface area contributed by atoms with Gasteiger partial charge in [0.25, 0.3) is 15.9 Å². The normalized spacial score (nSPS) is 15.0.